The molecule has 92 valence electrons. The highest BCUT2D eigenvalue weighted by atomic mass is 15.1. The highest BCUT2D eigenvalue weighted by Crippen LogP contribution is 2.25. The van der Waals surface area contributed by atoms with Gasteiger partial charge in [-0.3, -0.25) is 0 Å². The lowest BCUT2D eigenvalue weighted by molar-refractivity contribution is 0.269. The Morgan fingerprint density at radius 2 is 2.06 bits per heavy atom. The zero-order valence-corrected chi connectivity index (χ0v) is 11.2. The number of anilines is 1. The average Bonchev–Trinajstić information content (AvgIpc) is 2.25. The van der Waals surface area contributed by atoms with E-state index in [1.54, 1.807) is 6.07 Å². The zero-order valence-electron chi connectivity index (χ0n) is 11.2. The third kappa shape index (κ3) is 3.70. The maximum Gasteiger partial charge on any atom is 0.224 e. The summed E-state index contributed by atoms with van der Waals surface area (Å²) >= 11 is 0. The first kappa shape index (κ1) is 13.4. The van der Waals surface area contributed by atoms with Gasteiger partial charge in [0.25, 0.3) is 0 Å². The molecule has 0 aliphatic rings. The molecule has 0 aromatic carbocycles. The Kier molecular flexibility index (Phi) is 4.06. The van der Waals surface area contributed by atoms with Crippen molar-refractivity contribution in [3.05, 3.63) is 17.5 Å². The molecule has 1 N–H and O–H groups in total. The summed E-state index contributed by atoms with van der Waals surface area (Å²) in [6, 6.07) is 3.72. The van der Waals surface area contributed by atoms with Crippen LogP contribution in [0.2, 0.25) is 0 Å². The molecule has 1 rings (SSSR count). The first-order chi connectivity index (χ1) is 7.85. The molecule has 0 radical (unpaired) electrons. The Bertz CT molecular complexity index is 430. The second kappa shape index (κ2) is 5.13. The van der Waals surface area contributed by atoms with Crippen molar-refractivity contribution in [2.24, 2.45) is 11.3 Å². The largest absolute Gasteiger partial charge is 0.354 e. The number of nitrogens with zero attached hydrogens (tertiary/aromatic N) is 3. The summed E-state index contributed by atoms with van der Waals surface area (Å²) in [5.41, 5.74) is 1.38. The Hall–Kier alpha value is -1.63. The van der Waals surface area contributed by atoms with E-state index in [4.69, 9.17) is 5.26 Å². The molecule has 0 spiro atoms. The summed E-state index contributed by atoms with van der Waals surface area (Å²) in [5, 5.41) is 12.0. The molecule has 0 bridgehead atoms. The third-order valence-corrected chi connectivity index (χ3v) is 3.23. The molecule has 0 fully saturated rings. The van der Waals surface area contributed by atoms with Crippen LogP contribution in [0.15, 0.2) is 6.07 Å². The van der Waals surface area contributed by atoms with Crippen molar-refractivity contribution in [3.8, 4) is 6.07 Å². The Morgan fingerprint density at radius 3 is 2.59 bits per heavy atom. The van der Waals surface area contributed by atoms with Crippen LogP contribution in [-0.4, -0.2) is 16.5 Å². The standard InChI is InChI=1S/C13H20N4/c1-9(2)13(4,5)8-15-12-16-10(3)6-11(7-14)17-12/h6,9H,8H2,1-5H3,(H,15,16,17). The molecular weight excluding hydrogens is 212 g/mol. The van der Waals surface area contributed by atoms with E-state index in [9.17, 15) is 0 Å². The first-order valence-electron chi connectivity index (χ1n) is 5.85. The minimum absolute atomic E-state index is 0.167. The van der Waals surface area contributed by atoms with Gasteiger partial charge in [-0.2, -0.15) is 5.26 Å². The van der Waals surface area contributed by atoms with Crippen LogP contribution in [-0.2, 0) is 0 Å². The fourth-order valence-corrected chi connectivity index (χ4v) is 1.22. The van der Waals surface area contributed by atoms with E-state index in [1.165, 1.54) is 0 Å². The molecule has 0 saturated heterocycles. The monoisotopic (exact) mass is 232 g/mol. The number of nitrogens with one attached hydrogen (secondary N) is 1. The summed E-state index contributed by atoms with van der Waals surface area (Å²) in [6.45, 7) is 11.4. The van der Waals surface area contributed by atoms with Crippen molar-refractivity contribution < 1.29 is 0 Å². The number of aryl methyl sites for hydroxylation is 1. The highest BCUT2D eigenvalue weighted by molar-refractivity contribution is 5.33. The number of hydrogen-bond donors (Lipinski definition) is 1. The van der Waals surface area contributed by atoms with Gasteiger partial charge in [-0.05, 0) is 24.3 Å². The van der Waals surface area contributed by atoms with Crippen LogP contribution in [0.5, 0.6) is 0 Å². The van der Waals surface area contributed by atoms with Crippen molar-refractivity contribution in [3.63, 3.8) is 0 Å². The van der Waals surface area contributed by atoms with Gasteiger partial charge >= 0.3 is 0 Å². The van der Waals surface area contributed by atoms with Crippen LogP contribution >= 0.6 is 0 Å². The zero-order chi connectivity index (χ0) is 13.1. The van der Waals surface area contributed by atoms with E-state index in [0.29, 0.717) is 17.6 Å². The van der Waals surface area contributed by atoms with Gasteiger partial charge < -0.3 is 5.32 Å². The Balaban J connectivity index is 2.77. The highest BCUT2D eigenvalue weighted by Gasteiger charge is 2.22. The molecule has 4 heteroatoms. The van der Waals surface area contributed by atoms with Gasteiger partial charge in [0, 0.05) is 12.2 Å². The van der Waals surface area contributed by atoms with E-state index >= 15 is 0 Å². The van der Waals surface area contributed by atoms with Gasteiger partial charge in [-0.15, -0.1) is 0 Å². The van der Waals surface area contributed by atoms with E-state index in [2.05, 4.69) is 43.0 Å². The molecule has 0 amide bonds. The topological polar surface area (TPSA) is 61.6 Å². The SMILES string of the molecule is Cc1cc(C#N)nc(NCC(C)(C)C(C)C)n1. The number of aromatic nitrogens is 2. The second-order valence-electron chi connectivity index (χ2n) is 5.33. The van der Waals surface area contributed by atoms with E-state index < -0.39 is 0 Å². The average molecular weight is 232 g/mol. The maximum absolute atomic E-state index is 8.83. The van der Waals surface area contributed by atoms with Crippen molar-refractivity contribution in [1.82, 2.24) is 9.97 Å². The van der Waals surface area contributed by atoms with Gasteiger partial charge in [0.1, 0.15) is 11.8 Å². The lowest BCUT2D eigenvalue weighted by atomic mass is 9.81. The van der Waals surface area contributed by atoms with Gasteiger partial charge in [-0.1, -0.05) is 27.7 Å². The number of rotatable bonds is 4. The van der Waals surface area contributed by atoms with E-state index in [0.717, 1.165) is 12.2 Å². The van der Waals surface area contributed by atoms with Crippen LogP contribution < -0.4 is 5.32 Å². The third-order valence-electron chi connectivity index (χ3n) is 3.23. The fraction of sp³-hybridized carbons (Fsp3) is 0.615. The Labute approximate surface area is 103 Å². The minimum atomic E-state index is 0.167. The molecule has 0 aliphatic heterocycles. The quantitative estimate of drug-likeness (QED) is 0.867. The minimum Gasteiger partial charge on any atom is -0.354 e. The van der Waals surface area contributed by atoms with E-state index in [1.807, 2.05) is 13.0 Å². The normalized spacial score (nSPS) is 11.4. The van der Waals surface area contributed by atoms with Gasteiger partial charge in [-0.25, -0.2) is 9.97 Å². The smallest absolute Gasteiger partial charge is 0.224 e. The molecule has 1 aromatic heterocycles. The summed E-state index contributed by atoms with van der Waals surface area (Å²) in [7, 11) is 0. The molecule has 1 aromatic rings. The predicted octanol–water partition coefficient (Wildman–Crippen LogP) is 2.75. The van der Waals surface area contributed by atoms with Crippen LogP contribution in [0, 0.1) is 29.6 Å². The van der Waals surface area contributed by atoms with Gasteiger partial charge in [0.15, 0.2) is 0 Å². The predicted molar refractivity (Wildman–Crippen MR) is 68.6 cm³/mol. The van der Waals surface area contributed by atoms with Crippen molar-refractivity contribution >= 4 is 5.95 Å². The number of nitriles is 1. The van der Waals surface area contributed by atoms with E-state index in [-0.39, 0.29) is 5.41 Å². The summed E-state index contributed by atoms with van der Waals surface area (Å²) in [6.07, 6.45) is 0. The van der Waals surface area contributed by atoms with Crippen LogP contribution in [0.3, 0.4) is 0 Å². The molecule has 17 heavy (non-hydrogen) atoms. The lowest BCUT2D eigenvalue weighted by Gasteiger charge is -2.29. The van der Waals surface area contributed by atoms with Crippen molar-refractivity contribution in [2.45, 2.75) is 34.6 Å². The lowest BCUT2D eigenvalue weighted by Crippen LogP contribution is -2.29. The van der Waals surface area contributed by atoms with Crippen molar-refractivity contribution in [2.75, 3.05) is 11.9 Å². The Morgan fingerprint density at radius 1 is 1.41 bits per heavy atom. The van der Waals surface area contributed by atoms with Crippen LogP contribution in [0.4, 0.5) is 5.95 Å². The van der Waals surface area contributed by atoms with Crippen molar-refractivity contribution in [1.29, 1.82) is 5.26 Å². The fourth-order valence-electron chi connectivity index (χ4n) is 1.22. The van der Waals surface area contributed by atoms with Gasteiger partial charge in [0.2, 0.25) is 5.95 Å². The maximum atomic E-state index is 8.83. The molecule has 0 aliphatic carbocycles. The molecule has 1 heterocycles. The summed E-state index contributed by atoms with van der Waals surface area (Å²) in [4.78, 5) is 8.40. The molecule has 0 unspecified atom stereocenters. The number of hydrogen-bond acceptors (Lipinski definition) is 4. The van der Waals surface area contributed by atoms with Crippen LogP contribution in [0.1, 0.15) is 39.1 Å². The van der Waals surface area contributed by atoms with Gasteiger partial charge in [0.05, 0.1) is 0 Å². The summed E-state index contributed by atoms with van der Waals surface area (Å²) < 4.78 is 0. The molecule has 0 saturated carbocycles. The summed E-state index contributed by atoms with van der Waals surface area (Å²) in [5.74, 6) is 1.10. The second-order valence-corrected chi connectivity index (χ2v) is 5.33. The molecular formula is C13H20N4. The molecule has 0 atom stereocenters. The molecule has 4 nitrogen and oxygen atoms in total. The van der Waals surface area contributed by atoms with Crippen LogP contribution in [0.25, 0.3) is 0 Å². The first-order valence-corrected chi connectivity index (χ1v) is 5.85.